The van der Waals surface area contributed by atoms with Gasteiger partial charge in [-0.1, -0.05) is 11.6 Å². The highest BCUT2D eigenvalue weighted by atomic mass is 35.5. The number of rotatable bonds is 8. The Bertz CT molecular complexity index is 923. The van der Waals surface area contributed by atoms with E-state index in [2.05, 4.69) is 5.32 Å². The number of Topliss-reactive ketones (excluding diaryl/α,β-unsaturated/α-hetero) is 1. The van der Waals surface area contributed by atoms with E-state index in [9.17, 15) is 19.2 Å². The number of ketones is 1. The molecule has 0 aliphatic rings. The minimum atomic E-state index is -1.33. The summed E-state index contributed by atoms with van der Waals surface area (Å²) in [5, 5.41) is 20.9. The summed E-state index contributed by atoms with van der Waals surface area (Å²) in [4.78, 5) is 46.7. The number of carboxylic acids is 2. The van der Waals surface area contributed by atoms with Crippen molar-refractivity contribution in [3.63, 3.8) is 0 Å². The molecule has 0 radical (unpaired) electrons. The van der Waals surface area contributed by atoms with Crippen molar-refractivity contribution < 1.29 is 34.1 Å². The summed E-state index contributed by atoms with van der Waals surface area (Å²) in [6.45, 7) is 0. The van der Waals surface area contributed by atoms with E-state index in [1.807, 2.05) is 0 Å². The molecule has 2 aromatic carbocycles. The number of benzene rings is 2. The SMILES string of the molecule is COc1ccc(Cl)cc1C(=O)CCC(=O)Nc1cc(C(=O)O)cc(C(=O)O)c1. The molecule has 0 saturated heterocycles. The molecule has 2 aromatic rings. The van der Waals surface area contributed by atoms with E-state index < -0.39 is 17.8 Å². The lowest BCUT2D eigenvalue weighted by atomic mass is 10.0. The van der Waals surface area contributed by atoms with Gasteiger partial charge in [0.25, 0.3) is 0 Å². The van der Waals surface area contributed by atoms with Crippen LogP contribution in [0, 0.1) is 0 Å². The van der Waals surface area contributed by atoms with Gasteiger partial charge in [0.15, 0.2) is 5.78 Å². The fourth-order valence-electron chi connectivity index (χ4n) is 2.43. The van der Waals surface area contributed by atoms with Crippen molar-refractivity contribution in [2.45, 2.75) is 12.8 Å². The molecular formula is C19H16ClNO7. The Hall–Kier alpha value is -3.39. The third-order valence-electron chi connectivity index (χ3n) is 3.75. The van der Waals surface area contributed by atoms with E-state index in [0.717, 1.165) is 18.2 Å². The zero-order chi connectivity index (χ0) is 20.8. The highest BCUT2D eigenvalue weighted by molar-refractivity contribution is 6.31. The van der Waals surface area contributed by atoms with Crippen molar-refractivity contribution in [1.29, 1.82) is 0 Å². The zero-order valence-corrected chi connectivity index (χ0v) is 15.4. The Labute approximate surface area is 164 Å². The quantitative estimate of drug-likeness (QED) is 0.574. The Morgan fingerprint density at radius 2 is 1.57 bits per heavy atom. The fourth-order valence-corrected chi connectivity index (χ4v) is 2.60. The van der Waals surface area contributed by atoms with Gasteiger partial charge in [-0.05, 0) is 36.4 Å². The number of anilines is 1. The zero-order valence-electron chi connectivity index (χ0n) is 14.7. The number of methoxy groups -OCH3 is 1. The second-order valence-corrected chi connectivity index (χ2v) is 6.16. The van der Waals surface area contributed by atoms with Crippen LogP contribution in [0.5, 0.6) is 5.75 Å². The molecule has 0 aliphatic carbocycles. The Balaban J connectivity index is 2.09. The van der Waals surface area contributed by atoms with Crippen LogP contribution in [0.2, 0.25) is 5.02 Å². The van der Waals surface area contributed by atoms with Gasteiger partial charge in [0.05, 0.1) is 23.8 Å². The summed E-state index contributed by atoms with van der Waals surface area (Å²) in [5.41, 5.74) is -0.316. The number of halogens is 1. The van der Waals surface area contributed by atoms with E-state index in [4.69, 9.17) is 26.6 Å². The molecule has 8 nitrogen and oxygen atoms in total. The summed E-state index contributed by atoms with van der Waals surface area (Å²) in [6.07, 6.45) is -0.346. The van der Waals surface area contributed by atoms with Crippen molar-refractivity contribution in [2.24, 2.45) is 0 Å². The summed E-state index contributed by atoms with van der Waals surface area (Å²) in [7, 11) is 1.40. The van der Waals surface area contributed by atoms with Crippen LogP contribution in [-0.2, 0) is 4.79 Å². The number of amides is 1. The van der Waals surface area contributed by atoms with Gasteiger partial charge in [-0.3, -0.25) is 9.59 Å². The first-order chi connectivity index (χ1) is 13.2. The monoisotopic (exact) mass is 405 g/mol. The van der Waals surface area contributed by atoms with Crippen molar-refractivity contribution >= 4 is 40.9 Å². The second kappa shape index (κ2) is 9.01. The third kappa shape index (κ3) is 5.31. The average Bonchev–Trinajstić information content (AvgIpc) is 2.65. The van der Waals surface area contributed by atoms with E-state index in [1.54, 1.807) is 12.1 Å². The molecule has 0 atom stereocenters. The van der Waals surface area contributed by atoms with Crippen LogP contribution in [0.4, 0.5) is 5.69 Å². The number of carbonyl (C=O) groups excluding carboxylic acids is 2. The van der Waals surface area contributed by atoms with E-state index in [1.165, 1.54) is 13.2 Å². The van der Waals surface area contributed by atoms with E-state index in [0.29, 0.717) is 10.8 Å². The molecule has 0 aliphatic heterocycles. The molecule has 0 saturated carbocycles. The predicted molar refractivity (Wildman–Crippen MR) is 101 cm³/mol. The summed E-state index contributed by atoms with van der Waals surface area (Å²) < 4.78 is 5.10. The molecule has 28 heavy (non-hydrogen) atoms. The van der Waals surface area contributed by atoms with Crippen LogP contribution in [0.25, 0.3) is 0 Å². The van der Waals surface area contributed by atoms with E-state index >= 15 is 0 Å². The molecule has 0 heterocycles. The number of hydrogen-bond acceptors (Lipinski definition) is 5. The fraction of sp³-hybridized carbons (Fsp3) is 0.158. The standard InChI is InChI=1S/C19H16ClNO7/c1-28-16-4-2-12(20)9-14(16)15(22)3-5-17(23)21-13-7-10(18(24)25)6-11(8-13)19(26)27/h2,4,6-9H,3,5H2,1H3,(H,21,23)(H,24,25)(H,26,27). The summed E-state index contributed by atoms with van der Waals surface area (Å²) in [5.74, 6) is -3.27. The van der Waals surface area contributed by atoms with Crippen molar-refractivity contribution in [2.75, 3.05) is 12.4 Å². The van der Waals surface area contributed by atoms with Gasteiger partial charge in [-0.25, -0.2) is 9.59 Å². The van der Waals surface area contributed by atoms with Crippen LogP contribution in [0.3, 0.4) is 0 Å². The van der Waals surface area contributed by atoms with Gasteiger partial charge in [-0.2, -0.15) is 0 Å². The lowest BCUT2D eigenvalue weighted by Crippen LogP contribution is -2.15. The number of hydrogen-bond donors (Lipinski definition) is 3. The number of nitrogens with one attached hydrogen (secondary N) is 1. The van der Waals surface area contributed by atoms with Gasteiger partial charge in [0, 0.05) is 23.6 Å². The third-order valence-corrected chi connectivity index (χ3v) is 3.99. The molecule has 3 N–H and O–H groups in total. The van der Waals surface area contributed by atoms with Gasteiger partial charge < -0.3 is 20.3 Å². The maximum absolute atomic E-state index is 12.3. The van der Waals surface area contributed by atoms with Crippen molar-refractivity contribution in [3.8, 4) is 5.75 Å². The lowest BCUT2D eigenvalue weighted by molar-refractivity contribution is -0.116. The lowest BCUT2D eigenvalue weighted by Gasteiger charge is -2.09. The van der Waals surface area contributed by atoms with Gasteiger partial charge in [0.1, 0.15) is 5.75 Å². The smallest absolute Gasteiger partial charge is 0.335 e. The first-order valence-electron chi connectivity index (χ1n) is 7.99. The number of carbonyl (C=O) groups is 4. The van der Waals surface area contributed by atoms with Crippen LogP contribution in [0.1, 0.15) is 43.9 Å². The molecule has 0 spiro atoms. The van der Waals surface area contributed by atoms with Gasteiger partial charge >= 0.3 is 11.9 Å². The van der Waals surface area contributed by atoms with Crippen LogP contribution >= 0.6 is 11.6 Å². The Morgan fingerprint density at radius 3 is 2.11 bits per heavy atom. The van der Waals surface area contributed by atoms with Gasteiger partial charge in [-0.15, -0.1) is 0 Å². The Kier molecular flexibility index (Phi) is 6.73. The number of aromatic carboxylic acids is 2. The molecule has 0 aromatic heterocycles. The Morgan fingerprint density at radius 1 is 0.964 bits per heavy atom. The summed E-state index contributed by atoms with van der Waals surface area (Å²) >= 11 is 5.89. The van der Waals surface area contributed by atoms with Crippen LogP contribution < -0.4 is 10.1 Å². The number of carboxylic acid groups (broad SMARTS) is 2. The molecular weight excluding hydrogens is 390 g/mol. The molecule has 0 bridgehead atoms. The minimum Gasteiger partial charge on any atom is -0.496 e. The topological polar surface area (TPSA) is 130 Å². The maximum Gasteiger partial charge on any atom is 0.335 e. The van der Waals surface area contributed by atoms with Crippen LogP contribution in [0.15, 0.2) is 36.4 Å². The highest BCUT2D eigenvalue weighted by Crippen LogP contribution is 2.24. The minimum absolute atomic E-state index is 0.00934. The number of ether oxygens (including phenoxy) is 1. The molecule has 0 fully saturated rings. The van der Waals surface area contributed by atoms with Crippen molar-refractivity contribution in [1.82, 2.24) is 0 Å². The van der Waals surface area contributed by atoms with Crippen molar-refractivity contribution in [3.05, 3.63) is 58.1 Å². The molecule has 9 heteroatoms. The highest BCUT2D eigenvalue weighted by Gasteiger charge is 2.16. The molecule has 146 valence electrons. The average molecular weight is 406 g/mol. The van der Waals surface area contributed by atoms with Gasteiger partial charge in [0.2, 0.25) is 5.91 Å². The molecule has 0 unspecified atom stereocenters. The first-order valence-corrected chi connectivity index (χ1v) is 8.37. The maximum atomic E-state index is 12.3. The first kappa shape index (κ1) is 20.9. The second-order valence-electron chi connectivity index (χ2n) is 5.73. The summed E-state index contributed by atoms with van der Waals surface area (Å²) in [6, 6.07) is 7.80. The predicted octanol–water partition coefficient (Wildman–Crippen LogP) is 3.35. The largest absolute Gasteiger partial charge is 0.496 e. The molecule has 2 rings (SSSR count). The van der Waals surface area contributed by atoms with Crippen LogP contribution in [-0.4, -0.2) is 41.0 Å². The van der Waals surface area contributed by atoms with E-state index in [-0.39, 0.29) is 41.0 Å². The molecule has 1 amide bonds. The normalized spacial score (nSPS) is 10.2.